The lowest BCUT2D eigenvalue weighted by molar-refractivity contribution is -0.112. The van der Waals surface area contributed by atoms with Gasteiger partial charge in [0.2, 0.25) is 0 Å². The molecule has 6 heteroatoms. The number of fused-ring (bicyclic) bond motifs is 1. The van der Waals surface area contributed by atoms with Crippen LogP contribution in [0.5, 0.6) is 0 Å². The molecule has 0 radical (unpaired) electrons. The van der Waals surface area contributed by atoms with Gasteiger partial charge in [0.1, 0.15) is 0 Å². The molecule has 0 bridgehead atoms. The highest BCUT2D eigenvalue weighted by Crippen LogP contribution is 2.34. The Labute approximate surface area is 128 Å². The Morgan fingerprint density at radius 1 is 1.29 bits per heavy atom. The van der Waals surface area contributed by atoms with Crippen LogP contribution in [-0.2, 0) is 4.79 Å². The van der Waals surface area contributed by atoms with Crippen LogP contribution >= 0.6 is 11.6 Å². The molecule has 5 nitrogen and oxygen atoms in total. The van der Waals surface area contributed by atoms with E-state index >= 15 is 0 Å². The van der Waals surface area contributed by atoms with E-state index in [0.717, 1.165) is 31.9 Å². The first kappa shape index (κ1) is 14.4. The summed E-state index contributed by atoms with van der Waals surface area (Å²) in [4.78, 5) is 27.5. The average molecular weight is 308 g/mol. The monoisotopic (exact) mass is 307 g/mol. The highest BCUT2D eigenvalue weighted by Gasteiger charge is 2.29. The Bertz CT molecular complexity index is 597. The Morgan fingerprint density at radius 3 is 2.71 bits per heavy atom. The number of Topliss-reactive ketones (excluding diaryl/α,β-unsaturated/α-hetero) is 1. The number of rotatable bonds is 4. The zero-order chi connectivity index (χ0) is 15.0. The third-order valence-corrected chi connectivity index (χ3v) is 4.45. The number of carbonyl (C=O) groups excluding carboxylic acids is 2. The van der Waals surface area contributed by atoms with E-state index in [1.54, 1.807) is 12.1 Å². The zero-order valence-corrected chi connectivity index (χ0v) is 12.7. The molecule has 1 amide bonds. The van der Waals surface area contributed by atoms with Gasteiger partial charge in [-0.1, -0.05) is 11.6 Å². The molecule has 2 aliphatic rings. The van der Waals surface area contributed by atoms with Crippen LogP contribution in [-0.4, -0.2) is 49.8 Å². The van der Waals surface area contributed by atoms with Crippen LogP contribution in [0.2, 0.25) is 5.02 Å². The largest absolute Gasteiger partial charge is 0.372 e. The minimum absolute atomic E-state index is 0.363. The second-order valence-corrected chi connectivity index (χ2v) is 6.01. The predicted octanol–water partition coefficient (Wildman–Crippen LogP) is 2.01. The lowest BCUT2D eigenvalue weighted by atomic mass is 10.1. The van der Waals surface area contributed by atoms with Crippen molar-refractivity contribution >= 4 is 34.7 Å². The lowest BCUT2D eigenvalue weighted by Crippen LogP contribution is -2.31. The van der Waals surface area contributed by atoms with Crippen molar-refractivity contribution in [2.24, 2.45) is 0 Å². The van der Waals surface area contributed by atoms with Crippen molar-refractivity contribution in [3.8, 4) is 0 Å². The molecule has 1 saturated heterocycles. The summed E-state index contributed by atoms with van der Waals surface area (Å²) in [6.45, 7) is 4.18. The van der Waals surface area contributed by atoms with E-state index in [0.29, 0.717) is 16.3 Å². The molecule has 2 aliphatic heterocycles. The first-order chi connectivity index (χ1) is 10.1. The van der Waals surface area contributed by atoms with Gasteiger partial charge in [0.25, 0.3) is 11.7 Å². The number of amides is 1. The van der Waals surface area contributed by atoms with Gasteiger partial charge in [0.15, 0.2) is 0 Å². The maximum Gasteiger partial charge on any atom is 0.296 e. The standard InChI is InChI=1S/C15H18ClN3O2/c1-18(6-7-19-4-2-3-5-19)13-9-12-10(8-11(13)16)14(20)15(21)17-12/h8-9H,2-7H2,1H3,(H,17,20,21). The smallest absolute Gasteiger partial charge is 0.296 e. The summed E-state index contributed by atoms with van der Waals surface area (Å²) in [7, 11) is 1.97. The van der Waals surface area contributed by atoms with E-state index in [1.165, 1.54) is 12.8 Å². The molecule has 1 N–H and O–H groups in total. The zero-order valence-electron chi connectivity index (χ0n) is 12.0. The van der Waals surface area contributed by atoms with Gasteiger partial charge in [0.05, 0.1) is 22.0 Å². The van der Waals surface area contributed by atoms with Crippen molar-refractivity contribution in [2.45, 2.75) is 12.8 Å². The molecule has 0 atom stereocenters. The number of hydrogen-bond acceptors (Lipinski definition) is 4. The number of hydrogen-bond donors (Lipinski definition) is 1. The Balaban J connectivity index is 1.74. The van der Waals surface area contributed by atoms with Crippen LogP contribution in [0.3, 0.4) is 0 Å². The molecule has 0 aromatic heterocycles. The molecule has 0 spiro atoms. The van der Waals surface area contributed by atoms with Gasteiger partial charge in [-0.25, -0.2) is 0 Å². The minimum Gasteiger partial charge on any atom is -0.372 e. The molecular formula is C15H18ClN3O2. The fraction of sp³-hybridized carbons (Fsp3) is 0.467. The summed E-state index contributed by atoms with van der Waals surface area (Å²) < 4.78 is 0. The van der Waals surface area contributed by atoms with E-state index in [2.05, 4.69) is 15.1 Å². The first-order valence-electron chi connectivity index (χ1n) is 7.19. The summed E-state index contributed by atoms with van der Waals surface area (Å²) in [6, 6.07) is 3.36. The van der Waals surface area contributed by atoms with Crippen molar-refractivity contribution in [2.75, 3.05) is 43.4 Å². The van der Waals surface area contributed by atoms with Gasteiger partial charge >= 0.3 is 0 Å². The molecule has 1 aromatic carbocycles. The van der Waals surface area contributed by atoms with Crippen molar-refractivity contribution in [1.29, 1.82) is 0 Å². The van der Waals surface area contributed by atoms with Gasteiger partial charge in [-0.3, -0.25) is 9.59 Å². The maximum atomic E-state index is 11.6. The highest BCUT2D eigenvalue weighted by atomic mass is 35.5. The second-order valence-electron chi connectivity index (χ2n) is 5.60. The maximum absolute atomic E-state index is 11.6. The van der Waals surface area contributed by atoms with Crippen molar-refractivity contribution < 1.29 is 9.59 Å². The van der Waals surface area contributed by atoms with Crippen LogP contribution in [0.25, 0.3) is 0 Å². The number of carbonyl (C=O) groups is 2. The van der Waals surface area contributed by atoms with Crippen molar-refractivity contribution in [3.05, 3.63) is 22.7 Å². The average Bonchev–Trinajstić information content (AvgIpc) is 3.06. The fourth-order valence-electron chi connectivity index (χ4n) is 2.87. The Hall–Kier alpha value is -1.59. The van der Waals surface area contributed by atoms with Crippen LogP contribution < -0.4 is 10.2 Å². The quantitative estimate of drug-likeness (QED) is 0.865. The lowest BCUT2D eigenvalue weighted by Gasteiger charge is -2.24. The van der Waals surface area contributed by atoms with E-state index in [9.17, 15) is 9.59 Å². The molecule has 21 heavy (non-hydrogen) atoms. The molecule has 0 aliphatic carbocycles. The summed E-state index contributed by atoms with van der Waals surface area (Å²) in [5.41, 5.74) is 1.75. The summed E-state index contributed by atoms with van der Waals surface area (Å²) in [5.74, 6) is -1.10. The molecule has 0 saturated carbocycles. The minimum atomic E-state index is -0.585. The summed E-state index contributed by atoms with van der Waals surface area (Å²) >= 11 is 6.26. The van der Waals surface area contributed by atoms with E-state index in [4.69, 9.17) is 11.6 Å². The number of nitrogens with zero attached hydrogens (tertiary/aromatic N) is 2. The van der Waals surface area contributed by atoms with Crippen molar-refractivity contribution in [1.82, 2.24) is 4.90 Å². The second kappa shape index (κ2) is 5.66. The van der Waals surface area contributed by atoms with E-state index < -0.39 is 11.7 Å². The SMILES string of the molecule is CN(CCN1CCCC1)c1cc2c(cc1Cl)C(=O)C(=O)N2. The normalized spacial score (nSPS) is 18.0. The number of halogens is 1. The number of benzene rings is 1. The fourth-order valence-corrected chi connectivity index (χ4v) is 3.17. The molecular weight excluding hydrogens is 290 g/mol. The number of anilines is 2. The summed E-state index contributed by atoms with van der Waals surface area (Å²) in [6.07, 6.45) is 2.55. The number of ketones is 1. The topological polar surface area (TPSA) is 52.7 Å². The van der Waals surface area contributed by atoms with E-state index in [1.807, 2.05) is 7.05 Å². The predicted molar refractivity (Wildman–Crippen MR) is 83.4 cm³/mol. The number of likely N-dealkylation sites (tertiary alicyclic amines) is 1. The molecule has 1 aromatic rings. The molecule has 3 rings (SSSR count). The van der Waals surface area contributed by atoms with Gasteiger partial charge in [0, 0.05) is 20.1 Å². The Morgan fingerprint density at radius 2 is 2.00 bits per heavy atom. The van der Waals surface area contributed by atoms with Crippen molar-refractivity contribution in [3.63, 3.8) is 0 Å². The summed E-state index contributed by atoms with van der Waals surface area (Å²) in [5, 5.41) is 3.08. The van der Waals surface area contributed by atoms with Crippen LogP contribution in [0.4, 0.5) is 11.4 Å². The first-order valence-corrected chi connectivity index (χ1v) is 7.57. The number of likely N-dealkylation sites (N-methyl/N-ethyl adjacent to an activating group) is 1. The van der Waals surface area contributed by atoms with Gasteiger partial charge in [-0.05, 0) is 38.1 Å². The Kier molecular flexibility index (Phi) is 3.87. The van der Waals surface area contributed by atoms with Crippen LogP contribution in [0.15, 0.2) is 12.1 Å². The van der Waals surface area contributed by atoms with Crippen LogP contribution in [0, 0.1) is 0 Å². The molecule has 0 unspecified atom stereocenters. The molecule has 112 valence electrons. The van der Waals surface area contributed by atoms with Gasteiger partial charge in [-0.2, -0.15) is 0 Å². The van der Waals surface area contributed by atoms with Gasteiger partial charge in [-0.15, -0.1) is 0 Å². The molecule has 1 fully saturated rings. The molecule has 2 heterocycles. The number of nitrogens with one attached hydrogen (secondary N) is 1. The van der Waals surface area contributed by atoms with E-state index in [-0.39, 0.29) is 0 Å². The third-order valence-electron chi connectivity index (χ3n) is 4.15. The highest BCUT2D eigenvalue weighted by molar-refractivity contribution is 6.52. The third kappa shape index (κ3) is 2.76. The van der Waals surface area contributed by atoms with Gasteiger partial charge < -0.3 is 15.1 Å². The van der Waals surface area contributed by atoms with Crippen LogP contribution in [0.1, 0.15) is 23.2 Å².